The first-order valence-corrected chi connectivity index (χ1v) is 7.36. The van der Waals surface area contributed by atoms with Gasteiger partial charge in [-0.3, -0.25) is 0 Å². The Morgan fingerprint density at radius 2 is 2.06 bits per heavy atom. The molecular weight excluding hydrogens is 210 g/mol. The van der Waals surface area contributed by atoms with E-state index in [0.29, 0.717) is 11.5 Å². The summed E-state index contributed by atoms with van der Waals surface area (Å²) in [5, 5.41) is 3.67. The Hall–Kier alpha value is -0.0800. The van der Waals surface area contributed by atoms with Gasteiger partial charge in [-0.1, -0.05) is 6.42 Å². The van der Waals surface area contributed by atoms with Crippen LogP contribution in [0.2, 0.25) is 0 Å². The minimum absolute atomic E-state index is 0.268. The summed E-state index contributed by atoms with van der Waals surface area (Å²) in [5.74, 6) is 0. The molecule has 2 nitrogen and oxygen atoms in total. The van der Waals surface area contributed by atoms with E-state index in [-0.39, 0.29) is 5.54 Å². The highest BCUT2D eigenvalue weighted by atomic mass is 16.5. The van der Waals surface area contributed by atoms with Gasteiger partial charge in [0.15, 0.2) is 0 Å². The van der Waals surface area contributed by atoms with Gasteiger partial charge in [0.2, 0.25) is 0 Å². The summed E-state index contributed by atoms with van der Waals surface area (Å²) in [7, 11) is 0. The molecule has 0 bridgehead atoms. The van der Waals surface area contributed by atoms with Crippen LogP contribution < -0.4 is 5.32 Å². The summed E-state index contributed by atoms with van der Waals surface area (Å²) in [4.78, 5) is 0. The maximum absolute atomic E-state index is 5.69. The molecule has 2 heteroatoms. The van der Waals surface area contributed by atoms with E-state index in [1.54, 1.807) is 0 Å². The zero-order valence-electron chi connectivity index (χ0n) is 11.8. The van der Waals surface area contributed by atoms with Crippen LogP contribution in [0.15, 0.2) is 0 Å². The number of hydrogen-bond donors (Lipinski definition) is 1. The van der Waals surface area contributed by atoms with Crippen LogP contribution in [-0.4, -0.2) is 24.8 Å². The van der Waals surface area contributed by atoms with Crippen LogP contribution >= 0.6 is 0 Å². The highest BCUT2D eigenvalue weighted by Crippen LogP contribution is 2.49. The molecule has 1 saturated carbocycles. The molecule has 0 radical (unpaired) electrons. The van der Waals surface area contributed by atoms with E-state index in [2.05, 4.69) is 26.1 Å². The molecule has 100 valence electrons. The first-order valence-electron chi connectivity index (χ1n) is 7.36. The lowest BCUT2D eigenvalue weighted by molar-refractivity contribution is 0.100. The summed E-state index contributed by atoms with van der Waals surface area (Å²) in [5.41, 5.74) is 0.913. The highest BCUT2D eigenvalue weighted by Gasteiger charge is 2.42. The Morgan fingerprint density at radius 1 is 1.29 bits per heavy atom. The largest absolute Gasteiger partial charge is 0.378 e. The second kappa shape index (κ2) is 5.27. The van der Waals surface area contributed by atoms with E-state index in [1.165, 1.54) is 51.5 Å². The summed E-state index contributed by atoms with van der Waals surface area (Å²) >= 11 is 0. The van der Waals surface area contributed by atoms with E-state index in [1.807, 2.05) is 0 Å². The minimum Gasteiger partial charge on any atom is -0.378 e. The van der Waals surface area contributed by atoms with Crippen LogP contribution in [0.5, 0.6) is 0 Å². The van der Waals surface area contributed by atoms with Crippen LogP contribution in [-0.2, 0) is 4.74 Å². The van der Waals surface area contributed by atoms with Crippen molar-refractivity contribution in [2.75, 3.05) is 13.2 Å². The second-order valence-corrected chi connectivity index (χ2v) is 7.13. The predicted molar refractivity (Wildman–Crippen MR) is 72.2 cm³/mol. The van der Waals surface area contributed by atoms with Gasteiger partial charge in [0.05, 0.1) is 6.10 Å². The summed E-state index contributed by atoms with van der Waals surface area (Å²) in [6, 6.07) is 0. The first-order chi connectivity index (χ1) is 7.99. The standard InChI is InChI=1S/C15H29NO/c1-14(2,3)16-12-15(9-10-15)8-4-6-13-7-5-11-17-13/h13,16H,4-12H2,1-3H3. The van der Waals surface area contributed by atoms with Gasteiger partial charge in [-0.25, -0.2) is 0 Å². The Bertz CT molecular complexity index is 234. The van der Waals surface area contributed by atoms with Crippen molar-refractivity contribution in [2.45, 2.75) is 77.4 Å². The number of nitrogens with one attached hydrogen (secondary N) is 1. The van der Waals surface area contributed by atoms with Gasteiger partial charge in [-0.05, 0) is 64.7 Å². The summed E-state index contributed by atoms with van der Waals surface area (Å²) in [6.45, 7) is 8.99. The summed E-state index contributed by atoms with van der Waals surface area (Å²) < 4.78 is 5.69. The van der Waals surface area contributed by atoms with Gasteiger partial charge in [-0.15, -0.1) is 0 Å². The second-order valence-electron chi connectivity index (χ2n) is 7.13. The molecule has 1 aliphatic heterocycles. The molecule has 2 aliphatic rings. The summed E-state index contributed by atoms with van der Waals surface area (Å²) in [6.07, 6.45) is 10.1. The lowest BCUT2D eigenvalue weighted by Crippen LogP contribution is -2.39. The maximum atomic E-state index is 5.69. The zero-order valence-corrected chi connectivity index (χ0v) is 11.8. The van der Waals surface area contributed by atoms with Gasteiger partial charge in [0.1, 0.15) is 0 Å². The molecule has 1 heterocycles. The van der Waals surface area contributed by atoms with Crippen molar-refractivity contribution in [1.29, 1.82) is 0 Å². The Morgan fingerprint density at radius 3 is 2.59 bits per heavy atom. The van der Waals surface area contributed by atoms with Crippen molar-refractivity contribution in [3.05, 3.63) is 0 Å². The van der Waals surface area contributed by atoms with Gasteiger partial charge >= 0.3 is 0 Å². The molecule has 1 atom stereocenters. The minimum atomic E-state index is 0.268. The van der Waals surface area contributed by atoms with Crippen molar-refractivity contribution < 1.29 is 4.74 Å². The molecule has 0 spiro atoms. The van der Waals surface area contributed by atoms with Crippen molar-refractivity contribution in [1.82, 2.24) is 5.32 Å². The molecule has 2 fully saturated rings. The quantitative estimate of drug-likeness (QED) is 0.766. The molecular formula is C15H29NO. The van der Waals surface area contributed by atoms with E-state index < -0.39 is 0 Å². The molecule has 1 aliphatic carbocycles. The average Bonchev–Trinajstić information content (AvgIpc) is 2.81. The molecule has 0 aromatic heterocycles. The van der Waals surface area contributed by atoms with Crippen LogP contribution in [0.1, 0.15) is 65.7 Å². The fourth-order valence-corrected chi connectivity index (χ4v) is 2.72. The van der Waals surface area contributed by atoms with Crippen molar-refractivity contribution in [3.8, 4) is 0 Å². The molecule has 17 heavy (non-hydrogen) atoms. The fraction of sp³-hybridized carbons (Fsp3) is 1.00. The first kappa shape index (κ1) is 13.4. The molecule has 1 unspecified atom stereocenters. The third-order valence-electron chi connectivity index (χ3n) is 4.21. The van der Waals surface area contributed by atoms with Gasteiger partial charge < -0.3 is 10.1 Å². The van der Waals surface area contributed by atoms with Crippen LogP contribution in [0.4, 0.5) is 0 Å². The predicted octanol–water partition coefficient (Wildman–Crippen LogP) is 3.50. The lowest BCUT2D eigenvalue weighted by Gasteiger charge is -2.25. The molecule has 1 saturated heterocycles. The van der Waals surface area contributed by atoms with E-state index in [9.17, 15) is 0 Å². The third kappa shape index (κ3) is 4.59. The van der Waals surface area contributed by atoms with E-state index >= 15 is 0 Å². The normalized spacial score (nSPS) is 27.4. The van der Waals surface area contributed by atoms with Crippen molar-refractivity contribution in [2.24, 2.45) is 5.41 Å². The van der Waals surface area contributed by atoms with Crippen LogP contribution in [0.25, 0.3) is 0 Å². The fourth-order valence-electron chi connectivity index (χ4n) is 2.72. The number of hydrogen-bond acceptors (Lipinski definition) is 2. The zero-order chi connectivity index (χ0) is 12.4. The number of ether oxygens (including phenoxy) is 1. The topological polar surface area (TPSA) is 21.3 Å². The molecule has 0 amide bonds. The molecule has 0 aromatic carbocycles. The Balaban J connectivity index is 1.61. The maximum Gasteiger partial charge on any atom is 0.0576 e. The van der Waals surface area contributed by atoms with Crippen LogP contribution in [0, 0.1) is 5.41 Å². The highest BCUT2D eigenvalue weighted by molar-refractivity contribution is 4.96. The van der Waals surface area contributed by atoms with Gasteiger partial charge in [0, 0.05) is 18.7 Å². The van der Waals surface area contributed by atoms with Gasteiger partial charge in [0.25, 0.3) is 0 Å². The van der Waals surface area contributed by atoms with Crippen molar-refractivity contribution >= 4 is 0 Å². The molecule has 0 aromatic rings. The number of rotatable bonds is 6. The Kier molecular flexibility index (Phi) is 4.14. The SMILES string of the molecule is CC(C)(C)NCC1(CCCC2CCCO2)CC1. The van der Waals surface area contributed by atoms with Crippen molar-refractivity contribution in [3.63, 3.8) is 0 Å². The molecule has 2 rings (SSSR count). The Labute approximate surface area is 107 Å². The monoisotopic (exact) mass is 239 g/mol. The van der Waals surface area contributed by atoms with E-state index in [4.69, 9.17) is 4.74 Å². The third-order valence-corrected chi connectivity index (χ3v) is 4.21. The lowest BCUT2D eigenvalue weighted by atomic mass is 9.95. The van der Waals surface area contributed by atoms with E-state index in [0.717, 1.165) is 6.61 Å². The van der Waals surface area contributed by atoms with Crippen LogP contribution in [0.3, 0.4) is 0 Å². The van der Waals surface area contributed by atoms with Gasteiger partial charge in [-0.2, -0.15) is 0 Å². The smallest absolute Gasteiger partial charge is 0.0576 e. The average molecular weight is 239 g/mol. The molecule has 1 N–H and O–H groups in total.